The maximum Gasteiger partial charge on any atom is 0.238 e. The van der Waals surface area contributed by atoms with Crippen molar-refractivity contribution in [3.63, 3.8) is 0 Å². The van der Waals surface area contributed by atoms with Crippen LogP contribution in [0, 0.1) is 5.82 Å². The van der Waals surface area contributed by atoms with Crippen molar-refractivity contribution in [3.05, 3.63) is 29.6 Å². The van der Waals surface area contributed by atoms with Crippen molar-refractivity contribution in [2.75, 3.05) is 18.7 Å². The van der Waals surface area contributed by atoms with Crippen molar-refractivity contribution in [1.29, 1.82) is 0 Å². The summed E-state index contributed by atoms with van der Waals surface area (Å²) >= 11 is 1.69. The molecule has 1 saturated heterocycles. The molecule has 1 aliphatic rings. The molecule has 2 N–H and O–H groups in total. The van der Waals surface area contributed by atoms with Gasteiger partial charge in [0.2, 0.25) is 5.91 Å². The van der Waals surface area contributed by atoms with Gasteiger partial charge in [-0.1, -0.05) is 0 Å². The highest BCUT2D eigenvalue weighted by atomic mass is 32.2. The molecule has 2 rings (SSSR count). The third-order valence-electron chi connectivity index (χ3n) is 2.73. The average Bonchev–Trinajstić information content (AvgIpc) is 2.90. The summed E-state index contributed by atoms with van der Waals surface area (Å²) in [7, 11) is 1.52. The van der Waals surface area contributed by atoms with Gasteiger partial charge in [-0.2, -0.15) is 0 Å². The summed E-state index contributed by atoms with van der Waals surface area (Å²) in [4.78, 5) is 11.8. The first-order valence-electron chi connectivity index (χ1n) is 5.62. The minimum absolute atomic E-state index is 0.0636. The fourth-order valence-electron chi connectivity index (χ4n) is 1.75. The molecule has 0 radical (unpaired) electrons. The van der Waals surface area contributed by atoms with E-state index in [4.69, 9.17) is 4.74 Å². The predicted octanol–water partition coefficient (Wildman–Crippen LogP) is 1.11. The first kappa shape index (κ1) is 13.2. The van der Waals surface area contributed by atoms with E-state index in [-0.39, 0.29) is 24.3 Å². The van der Waals surface area contributed by atoms with Crippen molar-refractivity contribution in [2.24, 2.45) is 0 Å². The largest absolute Gasteiger partial charge is 0.496 e. The zero-order chi connectivity index (χ0) is 13.0. The Hall–Kier alpha value is -1.27. The monoisotopic (exact) mass is 270 g/mol. The molecule has 0 saturated carbocycles. The van der Waals surface area contributed by atoms with E-state index in [0.29, 0.717) is 11.3 Å². The Morgan fingerprint density at radius 1 is 1.67 bits per heavy atom. The molecular weight excluding hydrogens is 255 g/mol. The van der Waals surface area contributed by atoms with Crippen molar-refractivity contribution >= 4 is 17.7 Å². The lowest BCUT2D eigenvalue weighted by molar-refractivity contribution is -0.122. The van der Waals surface area contributed by atoms with Crippen LogP contribution in [0.15, 0.2) is 18.2 Å². The number of carbonyl (C=O) groups is 1. The number of nitrogens with one attached hydrogen (secondary N) is 2. The van der Waals surface area contributed by atoms with Crippen LogP contribution in [0.2, 0.25) is 0 Å². The number of hydrogen-bond donors (Lipinski definition) is 2. The van der Waals surface area contributed by atoms with Crippen molar-refractivity contribution in [2.45, 2.75) is 12.6 Å². The van der Waals surface area contributed by atoms with Gasteiger partial charge < -0.3 is 10.1 Å². The molecule has 98 valence electrons. The Bertz CT molecular complexity index is 436. The third-order valence-corrected chi connectivity index (χ3v) is 3.67. The summed E-state index contributed by atoms with van der Waals surface area (Å²) in [5.74, 6) is 1.74. The number of hydrogen-bond acceptors (Lipinski definition) is 4. The smallest absolute Gasteiger partial charge is 0.238 e. The SMILES string of the molecule is COc1ccc(F)cc1CNC(=O)C1CSCN1. The standard InChI is InChI=1S/C12H15FN2O2S/c1-17-11-3-2-9(13)4-8(11)5-14-12(16)10-6-18-7-15-10/h2-4,10,15H,5-7H2,1H3,(H,14,16). The van der Waals surface area contributed by atoms with Crippen molar-refractivity contribution in [3.8, 4) is 5.75 Å². The highest BCUT2D eigenvalue weighted by Gasteiger charge is 2.22. The second kappa shape index (κ2) is 6.06. The van der Waals surface area contributed by atoms with Gasteiger partial charge in [-0.15, -0.1) is 11.8 Å². The molecule has 1 aromatic carbocycles. The minimum Gasteiger partial charge on any atom is -0.496 e. The molecule has 1 amide bonds. The van der Waals surface area contributed by atoms with Gasteiger partial charge in [0.1, 0.15) is 11.6 Å². The minimum atomic E-state index is -0.338. The molecule has 0 spiro atoms. The quantitative estimate of drug-likeness (QED) is 0.860. The van der Waals surface area contributed by atoms with Gasteiger partial charge >= 0.3 is 0 Å². The first-order valence-corrected chi connectivity index (χ1v) is 6.77. The number of benzene rings is 1. The Kier molecular flexibility index (Phi) is 4.43. The Balaban J connectivity index is 1.96. The third kappa shape index (κ3) is 3.14. The van der Waals surface area contributed by atoms with Gasteiger partial charge in [-0.3, -0.25) is 10.1 Å². The molecule has 1 fully saturated rings. The Labute approximate surface area is 109 Å². The molecular formula is C12H15FN2O2S. The number of ether oxygens (including phenoxy) is 1. The zero-order valence-electron chi connectivity index (χ0n) is 10.0. The molecule has 6 heteroatoms. The van der Waals surface area contributed by atoms with E-state index < -0.39 is 0 Å². The van der Waals surface area contributed by atoms with E-state index in [1.807, 2.05) is 0 Å². The van der Waals surface area contributed by atoms with Crippen LogP contribution in [-0.2, 0) is 11.3 Å². The number of carbonyl (C=O) groups excluding carboxylic acids is 1. The Morgan fingerprint density at radius 2 is 2.50 bits per heavy atom. The molecule has 0 bridgehead atoms. The van der Waals surface area contributed by atoms with Crippen LogP contribution >= 0.6 is 11.8 Å². The van der Waals surface area contributed by atoms with Crippen LogP contribution in [0.25, 0.3) is 0 Å². The van der Waals surface area contributed by atoms with Crippen LogP contribution < -0.4 is 15.4 Å². The van der Waals surface area contributed by atoms with Crippen LogP contribution in [0.3, 0.4) is 0 Å². The number of rotatable bonds is 4. The van der Waals surface area contributed by atoms with Crippen LogP contribution in [0.1, 0.15) is 5.56 Å². The maximum absolute atomic E-state index is 13.1. The molecule has 4 nitrogen and oxygen atoms in total. The highest BCUT2D eigenvalue weighted by molar-refractivity contribution is 7.99. The zero-order valence-corrected chi connectivity index (χ0v) is 10.8. The van der Waals surface area contributed by atoms with Crippen LogP contribution in [0.5, 0.6) is 5.75 Å². The van der Waals surface area contributed by atoms with E-state index in [1.165, 1.54) is 19.2 Å². The molecule has 1 unspecified atom stereocenters. The van der Waals surface area contributed by atoms with E-state index in [0.717, 1.165) is 11.6 Å². The molecule has 1 heterocycles. The topological polar surface area (TPSA) is 50.4 Å². The molecule has 0 aromatic heterocycles. The lowest BCUT2D eigenvalue weighted by Crippen LogP contribution is -2.41. The number of methoxy groups -OCH3 is 1. The van der Waals surface area contributed by atoms with E-state index in [2.05, 4.69) is 10.6 Å². The summed E-state index contributed by atoms with van der Waals surface area (Å²) in [6.45, 7) is 0.266. The van der Waals surface area contributed by atoms with Gasteiger partial charge in [0.25, 0.3) is 0 Å². The summed E-state index contributed by atoms with van der Waals surface area (Å²) in [6, 6.07) is 4.10. The predicted molar refractivity (Wildman–Crippen MR) is 69.0 cm³/mol. The van der Waals surface area contributed by atoms with Gasteiger partial charge in [-0.25, -0.2) is 4.39 Å². The van der Waals surface area contributed by atoms with Crippen LogP contribution in [-0.4, -0.2) is 30.7 Å². The lowest BCUT2D eigenvalue weighted by atomic mass is 10.2. The molecule has 1 aromatic rings. The highest BCUT2D eigenvalue weighted by Crippen LogP contribution is 2.19. The van der Waals surface area contributed by atoms with Gasteiger partial charge in [0, 0.05) is 23.7 Å². The number of amides is 1. The summed E-state index contributed by atoms with van der Waals surface area (Å²) in [5, 5.41) is 5.86. The van der Waals surface area contributed by atoms with E-state index >= 15 is 0 Å². The summed E-state index contributed by atoms with van der Waals surface area (Å²) in [6.07, 6.45) is 0. The van der Waals surface area contributed by atoms with E-state index in [1.54, 1.807) is 17.8 Å². The normalized spacial score (nSPS) is 18.7. The average molecular weight is 270 g/mol. The lowest BCUT2D eigenvalue weighted by Gasteiger charge is -2.12. The Morgan fingerprint density at radius 3 is 3.17 bits per heavy atom. The number of thioether (sulfide) groups is 1. The van der Waals surface area contributed by atoms with Gasteiger partial charge in [-0.05, 0) is 18.2 Å². The van der Waals surface area contributed by atoms with E-state index in [9.17, 15) is 9.18 Å². The van der Waals surface area contributed by atoms with Crippen molar-refractivity contribution < 1.29 is 13.9 Å². The second-order valence-corrected chi connectivity index (χ2v) is 4.98. The molecule has 0 aliphatic carbocycles. The van der Waals surface area contributed by atoms with Crippen molar-refractivity contribution in [1.82, 2.24) is 10.6 Å². The summed E-state index contributed by atoms with van der Waals surface area (Å²) in [5.41, 5.74) is 0.636. The van der Waals surface area contributed by atoms with Crippen LogP contribution in [0.4, 0.5) is 4.39 Å². The maximum atomic E-state index is 13.1. The van der Waals surface area contributed by atoms with Gasteiger partial charge in [0.05, 0.1) is 13.2 Å². The molecule has 1 atom stereocenters. The fraction of sp³-hybridized carbons (Fsp3) is 0.417. The molecule has 18 heavy (non-hydrogen) atoms. The first-order chi connectivity index (χ1) is 8.70. The second-order valence-electron chi connectivity index (χ2n) is 3.95. The summed E-state index contributed by atoms with van der Waals surface area (Å²) < 4.78 is 18.2. The molecule has 1 aliphatic heterocycles. The van der Waals surface area contributed by atoms with Gasteiger partial charge in [0.15, 0.2) is 0 Å². The number of halogens is 1. The fourth-order valence-corrected chi connectivity index (χ4v) is 2.70.